The molecule has 2 saturated heterocycles. The summed E-state index contributed by atoms with van der Waals surface area (Å²) in [6, 6.07) is 9.49. The third-order valence-electron chi connectivity index (χ3n) is 8.33. The van der Waals surface area contributed by atoms with Crippen LogP contribution in [0.15, 0.2) is 29.4 Å². The first-order valence-corrected chi connectivity index (χ1v) is 12.1. The molecular weight excluding hydrogens is 372 g/mol. The van der Waals surface area contributed by atoms with Crippen LogP contribution in [0, 0.1) is 5.41 Å². The molecule has 2 atom stereocenters. The molecule has 0 N–H and O–H groups in total. The van der Waals surface area contributed by atoms with Crippen LogP contribution < -0.4 is 0 Å². The number of piperidine rings is 1. The lowest BCUT2D eigenvalue weighted by atomic mass is 9.64. The van der Waals surface area contributed by atoms with E-state index in [1.54, 1.807) is 5.56 Å². The molecule has 30 heavy (non-hydrogen) atoms. The predicted octanol–water partition coefficient (Wildman–Crippen LogP) is 4.41. The zero-order valence-electron chi connectivity index (χ0n) is 18.3. The van der Waals surface area contributed by atoms with Crippen molar-refractivity contribution in [3.63, 3.8) is 0 Å². The fourth-order valence-corrected chi connectivity index (χ4v) is 6.84. The van der Waals surface area contributed by atoms with Crippen LogP contribution in [0.4, 0.5) is 0 Å². The van der Waals surface area contributed by atoms with Crippen LogP contribution in [-0.2, 0) is 11.3 Å². The first kappa shape index (κ1) is 18.9. The SMILES string of the molecule is CC[C@]12CCCN3CCc4c(n(c5ccccc45)C(=NOCCN4CCCC4)C1)[C@@H]32. The van der Waals surface area contributed by atoms with E-state index >= 15 is 0 Å². The van der Waals surface area contributed by atoms with E-state index in [1.807, 2.05) is 0 Å². The van der Waals surface area contributed by atoms with Crippen LogP contribution in [-0.4, -0.2) is 59.5 Å². The van der Waals surface area contributed by atoms with Crippen molar-refractivity contribution in [2.75, 3.05) is 39.3 Å². The molecule has 1 aromatic heterocycles. The van der Waals surface area contributed by atoms with Crippen LogP contribution >= 0.6 is 0 Å². The van der Waals surface area contributed by atoms with Crippen molar-refractivity contribution < 1.29 is 4.84 Å². The standard InChI is InChI=1S/C25H34N4O/c1-2-25-11-7-14-28-15-10-20-19-8-3-4-9-21(19)29(23(20)24(25)28)22(18-25)26-30-17-16-27-12-5-6-13-27/h3-4,8-9,24H,2,5-7,10-18H2,1H3/t24-,25+/m1/s1. The summed E-state index contributed by atoms with van der Waals surface area (Å²) in [5, 5.41) is 6.24. The average Bonchev–Trinajstić information content (AvgIpc) is 3.42. The van der Waals surface area contributed by atoms with Crippen molar-refractivity contribution in [2.24, 2.45) is 10.6 Å². The Kier molecular flexibility index (Phi) is 4.65. The van der Waals surface area contributed by atoms with Crippen molar-refractivity contribution in [1.29, 1.82) is 0 Å². The van der Waals surface area contributed by atoms with Gasteiger partial charge in [0.2, 0.25) is 0 Å². The Balaban J connectivity index is 1.42. The van der Waals surface area contributed by atoms with Crippen molar-refractivity contribution in [1.82, 2.24) is 14.4 Å². The third kappa shape index (κ3) is 2.78. The van der Waals surface area contributed by atoms with Crippen molar-refractivity contribution >= 4 is 16.7 Å². The lowest BCUT2D eigenvalue weighted by molar-refractivity contribution is -0.00494. The summed E-state index contributed by atoms with van der Waals surface area (Å²) in [5.41, 5.74) is 4.71. The number of hydrogen-bond donors (Lipinski definition) is 0. The highest BCUT2D eigenvalue weighted by molar-refractivity contribution is 6.00. The summed E-state index contributed by atoms with van der Waals surface area (Å²) >= 11 is 0. The Bertz CT molecular complexity index is 973. The highest BCUT2D eigenvalue weighted by atomic mass is 16.6. The summed E-state index contributed by atoms with van der Waals surface area (Å²) < 4.78 is 2.48. The van der Waals surface area contributed by atoms with Crippen molar-refractivity contribution in [2.45, 2.75) is 57.9 Å². The highest BCUT2D eigenvalue weighted by Gasteiger charge is 2.52. The van der Waals surface area contributed by atoms with Gasteiger partial charge in [-0.25, -0.2) is 0 Å². The molecule has 5 nitrogen and oxygen atoms in total. The number of oxime groups is 1. The number of benzene rings is 1. The van der Waals surface area contributed by atoms with E-state index in [1.165, 1.54) is 74.9 Å². The molecular formula is C25H34N4O. The van der Waals surface area contributed by atoms with E-state index in [0.717, 1.165) is 25.2 Å². The fraction of sp³-hybridized carbons (Fsp3) is 0.640. The second-order valence-electron chi connectivity index (χ2n) is 9.79. The average molecular weight is 407 g/mol. The van der Waals surface area contributed by atoms with Crippen LogP contribution in [0.1, 0.15) is 62.7 Å². The van der Waals surface area contributed by atoms with Crippen LogP contribution in [0.3, 0.4) is 0 Å². The van der Waals surface area contributed by atoms with Gasteiger partial charge in [-0.2, -0.15) is 0 Å². The summed E-state index contributed by atoms with van der Waals surface area (Å²) in [6.45, 7) is 8.95. The topological polar surface area (TPSA) is 33.0 Å². The Morgan fingerprint density at radius 3 is 2.83 bits per heavy atom. The van der Waals surface area contributed by atoms with Gasteiger partial charge in [0.1, 0.15) is 6.61 Å². The molecule has 0 amide bonds. The number of hydrogen-bond acceptors (Lipinski definition) is 4. The first-order valence-electron chi connectivity index (χ1n) is 12.1. The zero-order valence-corrected chi connectivity index (χ0v) is 18.3. The van der Waals surface area contributed by atoms with Crippen LogP contribution in [0.5, 0.6) is 0 Å². The van der Waals surface area contributed by atoms with Gasteiger partial charge in [-0.05, 0) is 75.2 Å². The van der Waals surface area contributed by atoms with E-state index in [-0.39, 0.29) is 0 Å². The largest absolute Gasteiger partial charge is 0.393 e. The predicted molar refractivity (Wildman–Crippen MR) is 121 cm³/mol. The molecule has 2 fully saturated rings. The molecule has 5 heterocycles. The van der Waals surface area contributed by atoms with E-state index < -0.39 is 0 Å². The minimum atomic E-state index is 0.301. The van der Waals surface area contributed by atoms with Gasteiger partial charge in [0, 0.05) is 30.6 Å². The Morgan fingerprint density at radius 1 is 1.10 bits per heavy atom. The number of fused-ring (bicyclic) bond motifs is 3. The number of aromatic nitrogens is 1. The second kappa shape index (κ2) is 7.38. The lowest BCUT2D eigenvalue weighted by Gasteiger charge is -2.55. The van der Waals surface area contributed by atoms with Gasteiger partial charge in [-0.1, -0.05) is 30.3 Å². The van der Waals surface area contributed by atoms with E-state index in [4.69, 9.17) is 9.99 Å². The summed E-state index contributed by atoms with van der Waals surface area (Å²) in [4.78, 5) is 11.2. The molecule has 5 heteroatoms. The van der Waals surface area contributed by atoms with E-state index in [2.05, 4.69) is 45.6 Å². The van der Waals surface area contributed by atoms with Crippen molar-refractivity contribution in [3.8, 4) is 0 Å². The summed E-state index contributed by atoms with van der Waals surface area (Å²) in [6.07, 6.45) is 8.66. The molecule has 0 bridgehead atoms. The Labute approximate surface area is 179 Å². The maximum absolute atomic E-state index is 5.98. The maximum atomic E-state index is 5.98. The first-order chi connectivity index (χ1) is 14.8. The number of rotatable bonds is 5. The molecule has 2 aromatic rings. The normalized spacial score (nSPS) is 30.2. The number of para-hydroxylation sites is 1. The highest BCUT2D eigenvalue weighted by Crippen LogP contribution is 2.57. The van der Waals surface area contributed by atoms with Crippen LogP contribution in [0.2, 0.25) is 0 Å². The molecule has 4 aliphatic heterocycles. The van der Waals surface area contributed by atoms with Crippen molar-refractivity contribution in [3.05, 3.63) is 35.5 Å². The van der Waals surface area contributed by atoms with Gasteiger partial charge in [-0.3, -0.25) is 14.4 Å². The minimum Gasteiger partial charge on any atom is -0.393 e. The molecule has 4 aliphatic rings. The second-order valence-corrected chi connectivity index (χ2v) is 9.79. The molecule has 0 saturated carbocycles. The third-order valence-corrected chi connectivity index (χ3v) is 8.33. The van der Waals surface area contributed by atoms with E-state index in [9.17, 15) is 0 Å². The molecule has 0 aliphatic carbocycles. The Hall–Kier alpha value is -1.85. The zero-order chi connectivity index (χ0) is 20.1. The fourth-order valence-electron chi connectivity index (χ4n) is 6.84. The van der Waals surface area contributed by atoms with Gasteiger partial charge < -0.3 is 4.84 Å². The molecule has 6 rings (SSSR count). The van der Waals surface area contributed by atoms with Gasteiger partial charge in [-0.15, -0.1) is 0 Å². The maximum Gasteiger partial charge on any atom is 0.153 e. The Morgan fingerprint density at radius 2 is 1.97 bits per heavy atom. The number of likely N-dealkylation sites (tertiary alicyclic amines) is 1. The van der Waals surface area contributed by atoms with Gasteiger partial charge in [0.15, 0.2) is 5.84 Å². The number of nitrogens with zero attached hydrogens (tertiary/aromatic N) is 4. The molecule has 1 aromatic carbocycles. The smallest absolute Gasteiger partial charge is 0.153 e. The van der Waals surface area contributed by atoms with Gasteiger partial charge >= 0.3 is 0 Å². The van der Waals surface area contributed by atoms with E-state index in [0.29, 0.717) is 18.1 Å². The minimum absolute atomic E-state index is 0.301. The molecule has 0 spiro atoms. The molecule has 160 valence electrons. The van der Waals surface area contributed by atoms with Gasteiger partial charge in [0.25, 0.3) is 0 Å². The quantitative estimate of drug-likeness (QED) is 0.545. The lowest BCUT2D eigenvalue weighted by Crippen LogP contribution is -2.53. The van der Waals surface area contributed by atoms with Crippen LogP contribution in [0.25, 0.3) is 10.9 Å². The summed E-state index contributed by atoms with van der Waals surface area (Å²) in [7, 11) is 0. The molecule has 0 radical (unpaired) electrons. The monoisotopic (exact) mass is 406 g/mol. The molecule has 0 unspecified atom stereocenters. The van der Waals surface area contributed by atoms with Gasteiger partial charge in [0.05, 0.1) is 11.6 Å². The summed E-state index contributed by atoms with van der Waals surface area (Å²) in [5.74, 6) is 1.13.